The van der Waals surface area contributed by atoms with Crippen LogP contribution in [-0.4, -0.2) is 28.4 Å². The van der Waals surface area contributed by atoms with Crippen LogP contribution in [0.4, 0.5) is 0 Å². The van der Waals surface area contributed by atoms with Crippen LogP contribution < -0.4 is 5.14 Å². The van der Waals surface area contributed by atoms with E-state index in [-0.39, 0.29) is 5.56 Å². The zero-order valence-corrected chi connectivity index (χ0v) is 18.7. The van der Waals surface area contributed by atoms with E-state index in [1.807, 2.05) is 30.3 Å². The minimum Gasteiger partial charge on any atom is -0.293 e. The van der Waals surface area contributed by atoms with Crippen molar-refractivity contribution in [2.24, 2.45) is 5.14 Å². The summed E-state index contributed by atoms with van der Waals surface area (Å²) in [6.07, 6.45) is 3.61. The second-order valence-corrected chi connectivity index (χ2v) is 11.2. The molecule has 0 saturated carbocycles. The Balaban J connectivity index is 1.57. The van der Waals surface area contributed by atoms with Gasteiger partial charge in [0.15, 0.2) is 15.6 Å². The Morgan fingerprint density at radius 1 is 0.844 bits per heavy atom. The first-order valence-corrected chi connectivity index (χ1v) is 13.1. The molecule has 0 amide bonds. The van der Waals surface area contributed by atoms with Crippen molar-refractivity contribution >= 4 is 31.7 Å². The lowest BCUT2D eigenvalue weighted by Crippen LogP contribution is -2.21. The molecule has 0 atom stereocenters. The number of carbonyl (C=O) groups excluding carboxylic acids is 1. The maximum atomic E-state index is 12.8. The summed E-state index contributed by atoms with van der Waals surface area (Å²) in [5, 5.41) is 5.14. The second kappa shape index (κ2) is 8.46. The summed E-state index contributed by atoms with van der Waals surface area (Å²) in [5.74, 6) is -1.46. The fourth-order valence-electron chi connectivity index (χ4n) is 3.83. The maximum Gasteiger partial charge on any atom is 0.239 e. The van der Waals surface area contributed by atoms with Gasteiger partial charge in [0.05, 0.1) is 4.90 Å². The van der Waals surface area contributed by atoms with Crippen LogP contribution >= 0.6 is 0 Å². The summed E-state index contributed by atoms with van der Waals surface area (Å²) in [5.41, 5.74) is 4.64. The number of hydrogen-bond acceptors (Lipinski definition) is 5. The predicted octanol–water partition coefficient (Wildman–Crippen LogP) is 3.17. The van der Waals surface area contributed by atoms with Crippen molar-refractivity contribution in [1.29, 1.82) is 0 Å². The van der Waals surface area contributed by atoms with Gasteiger partial charge in [0.25, 0.3) is 0 Å². The van der Waals surface area contributed by atoms with Crippen molar-refractivity contribution in [2.45, 2.75) is 22.6 Å². The molecular formula is C24H21NO5S2. The number of Topliss-reactive ketones (excluding diaryl/α,β-unsaturated/α-hetero) is 1. The average Bonchev–Trinajstić information content (AvgIpc) is 3.15. The molecule has 1 aliphatic rings. The van der Waals surface area contributed by atoms with Crippen molar-refractivity contribution in [1.82, 2.24) is 0 Å². The monoisotopic (exact) mass is 467 g/mol. The number of nitrogens with two attached hydrogens (primary N) is 1. The molecule has 0 heterocycles. The van der Waals surface area contributed by atoms with Crippen molar-refractivity contribution in [2.75, 3.05) is 5.75 Å². The molecule has 0 radical (unpaired) electrons. The van der Waals surface area contributed by atoms with Gasteiger partial charge in [0.1, 0.15) is 10.6 Å². The molecule has 0 spiro atoms. The van der Waals surface area contributed by atoms with E-state index in [0.717, 1.165) is 36.1 Å². The zero-order valence-electron chi connectivity index (χ0n) is 17.1. The number of benzene rings is 3. The molecule has 1 aliphatic carbocycles. The minimum absolute atomic E-state index is 0.262. The van der Waals surface area contributed by atoms with Gasteiger partial charge in [0.2, 0.25) is 10.0 Å². The highest BCUT2D eigenvalue weighted by Crippen LogP contribution is 2.29. The van der Waals surface area contributed by atoms with Crippen LogP contribution in [0.3, 0.4) is 0 Å². The van der Waals surface area contributed by atoms with Crippen LogP contribution in [0.2, 0.25) is 0 Å². The fraction of sp³-hybridized carbons (Fsp3) is 0.125. The Hall–Kier alpha value is -3.07. The molecule has 3 aromatic rings. The summed E-state index contributed by atoms with van der Waals surface area (Å²) in [6, 6.07) is 20.2. The van der Waals surface area contributed by atoms with Gasteiger partial charge < -0.3 is 0 Å². The quantitative estimate of drug-likeness (QED) is 0.537. The molecule has 164 valence electrons. The number of carbonyl (C=O) groups is 1. The lowest BCUT2D eigenvalue weighted by molar-refractivity contribution is 0.102. The first-order chi connectivity index (χ1) is 15.1. The van der Waals surface area contributed by atoms with Crippen LogP contribution in [0, 0.1) is 0 Å². The Bertz CT molecular complexity index is 1440. The van der Waals surface area contributed by atoms with Gasteiger partial charge in [0, 0.05) is 5.56 Å². The van der Waals surface area contributed by atoms with Gasteiger partial charge in [-0.2, -0.15) is 0 Å². The molecule has 0 aliphatic heterocycles. The topological polar surface area (TPSA) is 111 Å². The molecule has 3 aromatic carbocycles. The average molecular weight is 468 g/mol. The molecule has 6 nitrogen and oxygen atoms in total. The minimum atomic E-state index is -4.26. The van der Waals surface area contributed by atoms with Crippen molar-refractivity contribution in [3.8, 4) is 0 Å². The normalized spacial score (nSPS) is 13.5. The van der Waals surface area contributed by atoms with E-state index in [1.54, 1.807) is 12.1 Å². The molecule has 4 rings (SSSR count). The van der Waals surface area contributed by atoms with Gasteiger partial charge in [-0.15, -0.1) is 0 Å². The smallest absolute Gasteiger partial charge is 0.239 e. The highest BCUT2D eigenvalue weighted by atomic mass is 32.2. The number of rotatable bonds is 7. The van der Waals surface area contributed by atoms with Gasteiger partial charge in [-0.3, -0.25) is 4.79 Å². The highest BCUT2D eigenvalue weighted by molar-refractivity contribution is 7.94. The Kier molecular flexibility index (Phi) is 5.85. The maximum absolute atomic E-state index is 12.8. The Morgan fingerprint density at radius 3 is 2.19 bits per heavy atom. The third-order valence-corrected chi connectivity index (χ3v) is 8.10. The third kappa shape index (κ3) is 4.72. The van der Waals surface area contributed by atoms with Crippen molar-refractivity contribution in [3.05, 3.63) is 101 Å². The number of primary sulfonamides is 1. The number of allylic oxidation sites excluding steroid dienone is 1. The number of ketones is 1. The molecule has 0 unspecified atom stereocenters. The van der Waals surface area contributed by atoms with Gasteiger partial charge in [-0.1, -0.05) is 66.2 Å². The molecule has 8 heteroatoms. The zero-order chi connectivity index (χ0) is 22.9. The van der Waals surface area contributed by atoms with Crippen molar-refractivity contribution in [3.63, 3.8) is 0 Å². The Labute approximate surface area is 187 Å². The standard InChI is InChI=1S/C24H21NO5S2/c25-32(29,30)24-9-5-4-8-23(24)31(27,28)16-22(26)20-11-10-19-13-18(14-21(19)15-20)12-17-6-2-1-3-7-17/h1-11,14-15H,12-13,16H2,(H2,25,29,30). The highest BCUT2D eigenvalue weighted by Gasteiger charge is 2.27. The summed E-state index contributed by atoms with van der Waals surface area (Å²) >= 11 is 0. The SMILES string of the molecule is NS(=O)(=O)c1ccccc1S(=O)(=O)CC(=O)c1ccc2c(c1)C=C(Cc1ccccc1)C2. The third-order valence-electron chi connectivity index (χ3n) is 5.33. The van der Waals surface area contributed by atoms with E-state index in [1.165, 1.54) is 23.3 Å². The lowest BCUT2D eigenvalue weighted by Gasteiger charge is -2.09. The summed E-state index contributed by atoms with van der Waals surface area (Å²) in [7, 11) is -8.47. The van der Waals surface area contributed by atoms with Crippen LogP contribution in [0.25, 0.3) is 6.08 Å². The van der Waals surface area contributed by atoms with Gasteiger partial charge >= 0.3 is 0 Å². The largest absolute Gasteiger partial charge is 0.293 e. The molecule has 2 N–H and O–H groups in total. The van der Waals surface area contributed by atoms with Crippen LogP contribution in [0.5, 0.6) is 0 Å². The molecule has 0 bridgehead atoms. The number of sulfone groups is 1. The van der Waals surface area contributed by atoms with Crippen LogP contribution in [0.1, 0.15) is 27.0 Å². The second-order valence-electron chi connectivity index (χ2n) is 7.73. The first-order valence-electron chi connectivity index (χ1n) is 9.87. The van der Waals surface area contributed by atoms with Crippen molar-refractivity contribution < 1.29 is 21.6 Å². The van der Waals surface area contributed by atoms with E-state index in [9.17, 15) is 21.6 Å². The number of fused-ring (bicyclic) bond motifs is 1. The first kappa shape index (κ1) is 22.1. The van der Waals surface area contributed by atoms with E-state index in [0.29, 0.717) is 0 Å². The van der Waals surface area contributed by atoms with E-state index in [2.05, 4.69) is 12.1 Å². The summed E-state index contributed by atoms with van der Waals surface area (Å²) < 4.78 is 49.2. The summed E-state index contributed by atoms with van der Waals surface area (Å²) in [6.45, 7) is 0. The van der Waals surface area contributed by atoms with E-state index < -0.39 is 41.2 Å². The Morgan fingerprint density at radius 2 is 1.50 bits per heavy atom. The molecule has 0 saturated heterocycles. The van der Waals surface area contributed by atoms with E-state index in [4.69, 9.17) is 5.14 Å². The number of hydrogen-bond donors (Lipinski definition) is 1. The summed E-state index contributed by atoms with van der Waals surface area (Å²) in [4.78, 5) is 11.8. The lowest BCUT2D eigenvalue weighted by atomic mass is 10.0. The fourth-order valence-corrected chi connectivity index (χ4v) is 6.50. The number of sulfonamides is 1. The molecular weight excluding hydrogens is 446 g/mol. The molecule has 0 fully saturated rings. The van der Waals surface area contributed by atoms with Gasteiger partial charge in [-0.05, 0) is 47.7 Å². The molecule has 32 heavy (non-hydrogen) atoms. The predicted molar refractivity (Wildman–Crippen MR) is 122 cm³/mol. The van der Waals surface area contributed by atoms with E-state index >= 15 is 0 Å². The van der Waals surface area contributed by atoms with Gasteiger partial charge in [-0.25, -0.2) is 22.0 Å². The molecule has 0 aromatic heterocycles. The van der Waals surface area contributed by atoms with Crippen LogP contribution in [0.15, 0.2) is 88.2 Å². The van der Waals surface area contributed by atoms with Crippen LogP contribution in [-0.2, 0) is 32.7 Å².